The molecule has 2 aromatic heterocycles. The Bertz CT molecular complexity index is 455. The van der Waals surface area contributed by atoms with E-state index >= 15 is 0 Å². The van der Waals surface area contributed by atoms with Crippen molar-refractivity contribution in [2.75, 3.05) is 0 Å². The number of aryl methyl sites for hydroxylation is 1. The summed E-state index contributed by atoms with van der Waals surface area (Å²) in [4.78, 5) is 15.2. The fourth-order valence-corrected chi connectivity index (χ4v) is 1.18. The molecule has 0 unspecified atom stereocenters. The predicted molar refractivity (Wildman–Crippen MR) is 43.9 cm³/mol. The van der Waals surface area contributed by atoms with E-state index in [-0.39, 0.29) is 5.76 Å². The molecule has 0 atom stereocenters. The fraction of sp³-hybridized carbons (Fsp3) is 0.250. The van der Waals surface area contributed by atoms with Crippen LogP contribution < -0.4 is 5.76 Å². The summed E-state index contributed by atoms with van der Waals surface area (Å²) < 4.78 is 6.43. The summed E-state index contributed by atoms with van der Waals surface area (Å²) in [6.07, 6.45) is 1.64. The number of nitrogens with zero attached hydrogens (tertiary/aromatic N) is 2. The molecule has 0 aliphatic rings. The van der Waals surface area contributed by atoms with E-state index in [4.69, 9.17) is 4.42 Å². The van der Waals surface area contributed by atoms with Crippen molar-refractivity contribution >= 4 is 11.2 Å². The van der Waals surface area contributed by atoms with Crippen molar-refractivity contribution in [3.8, 4) is 0 Å². The summed E-state index contributed by atoms with van der Waals surface area (Å²) in [5.41, 5.74) is 1.16. The van der Waals surface area contributed by atoms with E-state index in [0.717, 1.165) is 0 Å². The molecule has 0 bridgehead atoms. The summed E-state index contributed by atoms with van der Waals surface area (Å²) in [6.45, 7) is 2.47. The normalized spacial score (nSPS) is 10.8. The Kier molecular flexibility index (Phi) is 1.46. The van der Waals surface area contributed by atoms with Crippen LogP contribution in [-0.4, -0.2) is 9.55 Å². The zero-order chi connectivity index (χ0) is 8.55. The third kappa shape index (κ3) is 0.845. The van der Waals surface area contributed by atoms with Crippen molar-refractivity contribution in [3.05, 3.63) is 28.9 Å². The highest BCUT2D eigenvalue weighted by molar-refractivity contribution is 5.67. The van der Waals surface area contributed by atoms with Gasteiger partial charge in [0.05, 0.1) is 0 Å². The maximum atomic E-state index is 11.1. The van der Waals surface area contributed by atoms with Crippen molar-refractivity contribution in [1.82, 2.24) is 9.55 Å². The molecule has 4 nitrogen and oxygen atoms in total. The minimum atomic E-state index is -0.341. The van der Waals surface area contributed by atoms with E-state index in [1.165, 1.54) is 4.57 Å². The van der Waals surface area contributed by atoms with E-state index in [9.17, 15) is 4.79 Å². The van der Waals surface area contributed by atoms with Gasteiger partial charge in [0, 0.05) is 12.7 Å². The van der Waals surface area contributed by atoms with Gasteiger partial charge in [-0.3, -0.25) is 4.57 Å². The van der Waals surface area contributed by atoms with E-state index in [1.54, 1.807) is 18.3 Å². The molecule has 2 rings (SSSR count). The molecule has 0 N–H and O–H groups in total. The van der Waals surface area contributed by atoms with Gasteiger partial charge in [-0.15, -0.1) is 0 Å². The Hall–Kier alpha value is -1.58. The Morgan fingerprint density at radius 2 is 2.50 bits per heavy atom. The number of rotatable bonds is 1. The number of hydrogen-bond acceptors (Lipinski definition) is 3. The lowest BCUT2D eigenvalue weighted by Gasteiger charge is -1.91. The number of aromatic nitrogens is 2. The number of oxazole rings is 1. The SMILES string of the molecule is CCn1c(=O)oc2cccnc21. The molecule has 0 spiro atoms. The van der Waals surface area contributed by atoms with Gasteiger partial charge >= 0.3 is 5.76 Å². The summed E-state index contributed by atoms with van der Waals surface area (Å²) in [7, 11) is 0. The van der Waals surface area contributed by atoms with Gasteiger partial charge in [0.15, 0.2) is 11.2 Å². The molecular weight excluding hydrogens is 156 g/mol. The van der Waals surface area contributed by atoms with Gasteiger partial charge in [-0.2, -0.15) is 0 Å². The van der Waals surface area contributed by atoms with Gasteiger partial charge in [0.25, 0.3) is 0 Å². The molecule has 0 saturated heterocycles. The molecule has 0 aliphatic carbocycles. The summed E-state index contributed by atoms with van der Waals surface area (Å²) in [5, 5.41) is 0. The summed E-state index contributed by atoms with van der Waals surface area (Å²) in [5.74, 6) is -0.341. The first-order valence-electron chi connectivity index (χ1n) is 3.77. The number of fused-ring (bicyclic) bond motifs is 1. The summed E-state index contributed by atoms with van der Waals surface area (Å²) in [6, 6.07) is 3.47. The van der Waals surface area contributed by atoms with Crippen LogP contribution in [0.1, 0.15) is 6.92 Å². The molecule has 0 saturated carbocycles. The zero-order valence-corrected chi connectivity index (χ0v) is 6.65. The third-order valence-electron chi connectivity index (χ3n) is 1.74. The average molecular weight is 164 g/mol. The van der Waals surface area contributed by atoms with Crippen molar-refractivity contribution in [3.63, 3.8) is 0 Å². The lowest BCUT2D eigenvalue weighted by Crippen LogP contribution is -2.12. The third-order valence-corrected chi connectivity index (χ3v) is 1.74. The van der Waals surface area contributed by atoms with Gasteiger partial charge in [-0.1, -0.05) is 0 Å². The van der Waals surface area contributed by atoms with Crippen LogP contribution in [0.5, 0.6) is 0 Å². The van der Waals surface area contributed by atoms with Crippen LogP contribution >= 0.6 is 0 Å². The molecule has 2 heterocycles. The maximum Gasteiger partial charge on any atom is 0.421 e. The van der Waals surface area contributed by atoms with Crippen LogP contribution in [0.15, 0.2) is 27.5 Å². The lowest BCUT2D eigenvalue weighted by atomic mass is 10.4. The molecule has 12 heavy (non-hydrogen) atoms. The van der Waals surface area contributed by atoms with Crippen LogP contribution in [0.4, 0.5) is 0 Å². The van der Waals surface area contributed by atoms with Gasteiger partial charge < -0.3 is 4.42 Å². The Balaban J connectivity index is 2.91. The molecule has 0 aromatic carbocycles. The minimum absolute atomic E-state index is 0.341. The van der Waals surface area contributed by atoms with Crippen molar-refractivity contribution in [1.29, 1.82) is 0 Å². The molecule has 0 fully saturated rings. The average Bonchev–Trinajstić information content (AvgIpc) is 2.40. The Morgan fingerprint density at radius 1 is 1.67 bits per heavy atom. The van der Waals surface area contributed by atoms with Crippen LogP contribution in [-0.2, 0) is 6.54 Å². The standard InChI is InChI=1S/C8H8N2O2/c1-2-10-7-6(12-8(10)11)4-3-5-9-7/h3-5H,2H2,1H3. The predicted octanol–water partition coefficient (Wildman–Crippen LogP) is 1.01. The van der Waals surface area contributed by atoms with E-state index in [1.807, 2.05) is 6.92 Å². The molecule has 4 heteroatoms. The van der Waals surface area contributed by atoms with Crippen molar-refractivity contribution in [2.45, 2.75) is 13.5 Å². The van der Waals surface area contributed by atoms with E-state index < -0.39 is 0 Å². The Morgan fingerprint density at radius 3 is 3.25 bits per heavy atom. The molecule has 2 aromatic rings. The minimum Gasteiger partial charge on any atom is -0.406 e. The molecule has 0 radical (unpaired) electrons. The largest absolute Gasteiger partial charge is 0.421 e. The van der Waals surface area contributed by atoms with Crippen LogP contribution in [0.25, 0.3) is 11.2 Å². The van der Waals surface area contributed by atoms with Crippen LogP contribution in [0, 0.1) is 0 Å². The lowest BCUT2D eigenvalue weighted by molar-refractivity contribution is 0.513. The highest BCUT2D eigenvalue weighted by Crippen LogP contribution is 2.07. The van der Waals surface area contributed by atoms with Crippen LogP contribution in [0.3, 0.4) is 0 Å². The number of hydrogen-bond donors (Lipinski definition) is 0. The van der Waals surface area contributed by atoms with E-state index in [2.05, 4.69) is 4.98 Å². The zero-order valence-electron chi connectivity index (χ0n) is 6.65. The molecule has 0 amide bonds. The molecule has 62 valence electrons. The first-order chi connectivity index (χ1) is 5.83. The smallest absolute Gasteiger partial charge is 0.406 e. The first-order valence-corrected chi connectivity index (χ1v) is 3.77. The quantitative estimate of drug-likeness (QED) is 0.632. The van der Waals surface area contributed by atoms with Gasteiger partial charge in [0.1, 0.15) is 0 Å². The van der Waals surface area contributed by atoms with Gasteiger partial charge in [0.2, 0.25) is 0 Å². The molecule has 0 aliphatic heterocycles. The Labute approximate surface area is 68.4 Å². The van der Waals surface area contributed by atoms with Gasteiger partial charge in [-0.25, -0.2) is 9.78 Å². The van der Waals surface area contributed by atoms with Crippen LogP contribution in [0.2, 0.25) is 0 Å². The van der Waals surface area contributed by atoms with Crippen molar-refractivity contribution in [2.24, 2.45) is 0 Å². The van der Waals surface area contributed by atoms with Crippen molar-refractivity contribution < 1.29 is 4.42 Å². The fourth-order valence-electron chi connectivity index (χ4n) is 1.18. The monoisotopic (exact) mass is 164 g/mol. The van der Waals surface area contributed by atoms with Gasteiger partial charge in [-0.05, 0) is 19.1 Å². The highest BCUT2D eigenvalue weighted by Gasteiger charge is 2.06. The highest BCUT2D eigenvalue weighted by atomic mass is 16.4. The first kappa shape index (κ1) is 7.09. The second kappa shape index (κ2) is 2.48. The topological polar surface area (TPSA) is 48.0 Å². The number of pyridine rings is 1. The van der Waals surface area contributed by atoms with E-state index in [0.29, 0.717) is 17.8 Å². The molecular formula is C8H8N2O2. The second-order valence-corrected chi connectivity index (χ2v) is 2.44. The second-order valence-electron chi connectivity index (χ2n) is 2.44. The summed E-state index contributed by atoms with van der Waals surface area (Å²) >= 11 is 0. The maximum absolute atomic E-state index is 11.1.